The number of hydrogen-bond acceptors (Lipinski definition) is 5. The number of fused-ring (bicyclic) bond motifs is 1. The number of primary amides is 1. The van der Waals surface area contributed by atoms with Gasteiger partial charge in [0.25, 0.3) is 0 Å². The molecule has 0 spiro atoms. The second-order valence-electron chi connectivity index (χ2n) is 11.7. The first-order valence-electron chi connectivity index (χ1n) is 15.6. The van der Waals surface area contributed by atoms with Crippen LogP contribution in [-0.4, -0.2) is 64.6 Å². The van der Waals surface area contributed by atoms with E-state index in [1.807, 2.05) is 24.3 Å². The van der Waals surface area contributed by atoms with Crippen LogP contribution in [-0.2, 0) is 15.1 Å². The molecule has 5 aromatic rings. The predicted molar refractivity (Wildman–Crippen MR) is 189 cm³/mol. The summed E-state index contributed by atoms with van der Waals surface area (Å²) in [6, 6.07) is 38.0. The number of hydrogen-bond donors (Lipinski definition) is 3. The molecule has 1 atom stereocenters. The minimum atomic E-state index is -1.33. The lowest BCUT2D eigenvalue weighted by Crippen LogP contribution is -2.44. The highest BCUT2D eigenvalue weighted by Gasteiger charge is 2.41. The average Bonchev–Trinajstić information content (AvgIpc) is 3.43. The Hall–Kier alpha value is -4.51. The minimum Gasteiger partial charge on any atom is -0.465 e. The summed E-state index contributed by atoms with van der Waals surface area (Å²) < 4.78 is 8.38. The van der Waals surface area contributed by atoms with Crippen LogP contribution in [0.4, 0.5) is 10.6 Å². The summed E-state index contributed by atoms with van der Waals surface area (Å²) in [5, 5.41) is 16.6. The van der Waals surface area contributed by atoms with Crippen LogP contribution in [0.25, 0.3) is 10.9 Å². The summed E-state index contributed by atoms with van der Waals surface area (Å²) in [7, 11) is 1.74. The topological polar surface area (TPSA) is 123 Å². The van der Waals surface area contributed by atoms with Crippen LogP contribution >= 0.6 is 15.9 Å². The van der Waals surface area contributed by atoms with Crippen LogP contribution in [0.15, 0.2) is 114 Å². The molecular weight excluding hydrogens is 658 g/mol. The third-order valence-electron chi connectivity index (χ3n) is 8.71. The Bertz CT molecular complexity index is 1670. The van der Waals surface area contributed by atoms with Gasteiger partial charge in [0, 0.05) is 28.9 Å². The first-order chi connectivity index (χ1) is 22.7. The molecule has 0 aliphatic carbocycles. The van der Waals surface area contributed by atoms with Gasteiger partial charge in [0.1, 0.15) is 5.54 Å². The van der Waals surface area contributed by atoms with E-state index >= 15 is 0 Å². The van der Waals surface area contributed by atoms with Crippen molar-refractivity contribution in [3.63, 3.8) is 0 Å². The molecule has 47 heavy (non-hydrogen) atoms. The molecule has 0 radical (unpaired) electrons. The number of rotatable bonds is 9. The Balaban J connectivity index is 0.00000103. The standard InChI is InChI=1S/C36H37BrN4O2.CH3NO2/c1-26(25-43-2)40-22-20-27(21-23-40)35(42)38-34-32-24-31(37)18-19-33(32)41(39-34)36(28-12-6-3-7-13-28,29-14-8-4-9-15-29)30-16-10-5-11-17-30;2-1(3)4/h3-19,24,26-27H,20-23,25H2,1-2H3,(H,38,39,42);2H2,(H,3,4). The van der Waals surface area contributed by atoms with E-state index in [-0.39, 0.29) is 11.8 Å². The lowest BCUT2D eigenvalue weighted by molar-refractivity contribution is -0.121. The van der Waals surface area contributed by atoms with Gasteiger partial charge in [-0.1, -0.05) is 107 Å². The third-order valence-corrected chi connectivity index (χ3v) is 9.20. The lowest BCUT2D eigenvalue weighted by atomic mass is 9.77. The molecule has 0 bridgehead atoms. The number of piperidine rings is 1. The SMILES string of the molecule is COCC(C)N1CCC(C(=O)Nc2nn(C(c3ccccc3)(c3ccccc3)c3ccccc3)c3ccc(Br)cc23)CC1.NC(=O)O. The fourth-order valence-corrected chi connectivity index (χ4v) is 6.87. The summed E-state index contributed by atoms with van der Waals surface area (Å²) in [5.41, 5.74) is 7.40. The number of halogens is 1. The van der Waals surface area contributed by atoms with Crippen LogP contribution in [0, 0.1) is 5.92 Å². The summed E-state index contributed by atoms with van der Waals surface area (Å²) in [6.45, 7) is 4.63. The van der Waals surface area contributed by atoms with Crippen LogP contribution in [0.2, 0.25) is 0 Å². The number of benzene rings is 4. The Kier molecular flexibility index (Phi) is 11.1. The molecule has 1 aliphatic heterocycles. The van der Waals surface area contributed by atoms with Gasteiger partial charge >= 0.3 is 6.09 Å². The van der Waals surface area contributed by atoms with Gasteiger partial charge in [0.05, 0.1) is 12.1 Å². The van der Waals surface area contributed by atoms with Gasteiger partial charge in [-0.3, -0.25) is 9.69 Å². The number of ether oxygens (including phenoxy) is 1. The first kappa shape index (κ1) is 33.8. The molecule has 0 saturated carbocycles. The summed E-state index contributed by atoms with van der Waals surface area (Å²) in [4.78, 5) is 24.9. The molecule has 10 heteroatoms. The Labute approximate surface area is 283 Å². The Morgan fingerprint density at radius 1 is 0.936 bits per heavy atom. The molecule has 4 N–H and O–H groups in total. The van der Waals surface area contributed by atoms with E-state index in [4.69, 9.17) is 19.7 Å². The van der Waals surface area contributed by atoms with Gasteiger partial charge in [-0.25, -0.2) is 9.48 Å². The Morgan fingerprint density at radius 3 is 1.89 bits per heavy atom. The number of carbonyl (C=O) groups excluding carboxylic acids is 1. The van der Waals surface area contributed by atoms with Gasteiger partial charge in [0.15, 0.2) is 5.82 Å². The number of aromatic nitrogens is 2. The van der Waals surface area contributed by atoms with Crippen LogP contribution < -0.4 is 11.1 Å². The van der Waals surface area contributed by atoms with Gasteiger partial charge < -0.3 is 20.9 Å². The fourth-order valence-electron chi connectivity index (χ4n) is 6.51. The van der Waals surface area contributed by atoms with Crippen molar-refractivity contribution in [1.82, 2.24) is 14.7 Å². The molecule has 1 aliphatic rings. The van der Waals surface area contributed by atoms with E-state index in [1.165, 1.54) is 0 Å². The number of nitrogens with zero attached hydrogens (tertiary/aromatic N) is 3. The fraction of sp³-hybridized carbons (Fsp3) is 0.270. The number of likely N-dealkylation sites (tertiary alicyclic amines) is 1. The van der Waals surface area contributed by atoms with E-state index in [2.05, 4.69) is 128 Å². The maximum absolute atomic E-state index is 13.8. The van der Waals surface area contributed by atoms with Crippen molar-refractivity contribution in [3.8, 4) is 0 Å². The van der Waals surface area contributed by atoms with Gasteiger partial charge in [0.2, 0.25) is 5.91 Å². The van der Waals surface area contributed by atoms with Gasteiger partial charge in [-0.15, -0.1) is 0 Å². The maximum atomic E-state index is 13.8. The molecule has 244 valence electrons. The van der Waals surface area contributed by atoms with Crippen LogP contribution in [0.1, 0.15) is 36.5 Å². The quantitative estimate of drug-likeness (QED) is 0.143. The van der Waals surface area contributed by atoms with Gasteiger partial charge in [-0.2, -0.15) is 5.10 Å². The maximum Gasteiger partial charge on any atom is 0.402 e. The number of nitrogens with one attached hydrogen (secondary N) is 1. The number of carbonyl (C=O) groups is 2. The molecule has 9 nitrogen and oxygen atoms in total. The van der Waals surface area contributed by atoms with Crippen molar-refractivity contribution in [2.24, 2.45) is 11.7 Å². The van der Waals surface area contributed by atoms with E-state index in [0.717, 1.165) is 58.0 Å². The predicted octanol–water partition coefficient (Wildman–Crippen LogP) is 6.95. The van der Waals surface area contributed by atoms with E-state index in [1.54, 1.807) is 7.11 Å². The molecule has 1 unspecified atom stereocenters. The molecular formula is C37H40BrN5O4. The van der Waals surface area contributed by atoms with Crippen molar-refractivity contribution >= 4 is 44.7 Å². The number of anilines is 1. The Morgan fingerprint density at radius 2 is 1.43 bits per heavy atom. The normalized spacial score (nSPS) is 14.6. The van der Waals surface area contributed by atoms with Crippen molar-refractivity contribution in [3.05, 3.63) is 130 Å². The lowest BCUT2D eigenvalue weighted by Gasteiger charge is -2.37. The monoisotopic (exact) mass is 697 g/mol. The highest BCUT2D eigenvalue weighted by molar-refractivity contribution is 9.10. The van der Waals surface area contributed by atoms with Crippen molar-refractivity contribution in [1.29, 1.82) is 0 Å². The van der Waals surface area contributed by atoms with E-state index in [0.29, 0.717) is 18.5 Å². The highest BCUT2D eigenvalue weighted by Crippen LogP contribution is 2.43. The second kappa shape index (κ2) is 15.4. The zero-order chi connectivity index (χ0) is 33.4. The zero-order valence-corrected chi connectivity index (χ0v) is 28.1. The molecule has 4 aromatic carbocycles. The smallest absolute Gasteiger partial charge is 0.402 e. The average molecular weight is 699 g/mol. The number of methoxy groups -OCH3 is 1. The van der Waals surface area contributed by atoms with Crippen molar-refractivity contribution < 1.29 is 19.4 Å². The minimum absolute atomic E-state index is 0.0234. The van der Waals surface area contributed by atoms with Crippen molar-refractivity contribution in [2.75, 3.05) is 32.1 Å². The van der Waals surface area contributed by atoms with E-state index in [9.17, 15) is 4.79 Å². The highest BCUT2D eigenvalue weighted by atomic mass is 79.9. The zero-order valence-electron chi connectivity index (χ0n) is 26.6. The summed E-state index contributed by atoms with van der Waals surface area (Å²) in [5.74, 6) is 0.527. The van der Waals surface area contributed by atoms with Crippen LogP contribution in [0.3, 0.4) is 0 Å². The van der Waals surface area contributed by atoms with Crippen molar-refractivity contribution in [2.45, 2.75) is 31.3 Å². The van der Waals surface area contributed by atoms with Crippen LogP contribution in [0.5, 0.6) is 0 Å². The molecule has 1 fully saturated rings. The number of nitrogens with two attached hydrogens (primary N) is 1. The largest absolute Gasteiger partial charge is 0.465 e. The summed E-state index contributed by atoms with van der Waals surface area (Å²) >= 11 is 3.67. The molecule has 1 saturated heterocycles. The third kappa shape index (κ3) is 7.40. The second-order valence-corrected chi connectivity index (χ2v) is 12.6. The number of carboxylic acid groups (broad SMARTS) is 1. The van der Waals surface area contributed by atoms with E-state index < -0.39 is 11.6 Å². The molecule has 2 amide bonds. The number of amides is 2. The summed E-state index contributed by atoms with van der Waals surface area (Å²) in [6.07, 6.45) is 0.286. The molecule has 1 aromatic heterocycles. The first-order valence-corrected chi connectivity index (χ1v) is 16.4. The molecule has 2 heterocycles. The molecule has 6 rings (SSSR count). The van der Waals surface area contributed by atoms with Gasteiger partial charge in [-0.05, 0) is 67.7 Å².